The molecule has 0 aromatic heterocycles. The Kier molecular flexibility index (Phi) is 4.71. The van der Waals surface area contributed by atoms with Crippen molar-refractivity contribution in [1.29, 1.82) is 0 Å². The number of hydrogen-bond acceptors (Lipinski definition) is 3. The summed E-state index contributed by atoms with van der Waals surface area (Å²) in [5, 5.41) is 0. The van der Waals surface area contributed by atoms with Gasteiger partial charge in [-0.15, -0.1) is 0 Å². The lowest BCUT2D eigenvalue weighted by molar-refractivity contribution is 0.00571. The third-order valence-electron chi connectivity index (χ3n) is 2.95. The van der Waals surface area contributed by atoms with Crippen molar-refractivity contribution in [2.24, 2.45) is 11.7 Å². The molecule has 3 nitrogen and oxygen atoms in total. The molecular formula is C14H19F2NO2. The predicted octanol–water partition coefficient (Wildman–Crippen LogP) is 2.62. The molecule has 1 aliphatic rings. The summed E-state index contributed by atoms with van der Waals surface area (Å²) >= 11 is 0. The fourth-order valence-electron chi connectivity index (χ4n) is 1.84. The molecule has 19 heavy (non-hydrogen) atoms. The van der Waals surface area contributed by atoms with Gasteiger partial charge in [-0.25, -0.2) is 8.78 Å². The van der Waals surface area contributed by atoms with Crippen LogP contribution in [0.3, 0.4) is 0 Å². The molecule has 1 fully saturated rings. The first-order chi connectivity index (χ1) is 9.06. The zero-order chi connectivity index (χ0) is 13.8. The van der Waals surface area contributed by atoms with Crippen LogP contribution in [0.5, 0.6) is 5.75 Å². The summed E-state index contributed by atoms with van der Waals surface area (Å²) in [5.74, 6) is -1.23. The topological polar surface area (TPSA) is 44.5 Å². The molecule has 2 rings (SSSR count). The molecule has 0 spiro atoms. The quantitative estimate of drug-likeness (QED) is 0.612. The average molecular weight is 271 g/mol. The molecule has 2 N–H and O–H groups in total. The monoisotopic (exact) mass is 271 g/mol. The molecule has 0 saturated heterocycles. The molecule has 0 aliphatic heterocycles. The van der Waals surface area contributed by atoms with Crippen LogP contribution in [0, 0.1) is 17.6 Å². The first-order valence-electron chi connectivity index (χ1n) is 6.50. The van der Waals surface area contributed by atoms with Crippen molar-refractivity contribution in [2.45, 2.75) is 32.2 Å². The molecule has 1 unspecified atom stereocenters. The molecule has 5 heteroatoms. The molecule has 0 bridgehead atoms. The fourth-order valence-corrected chi connectivity index (χ4v) is 1.84. The number of halogens is 2. The Morgan fingerprint density at radius 1 is 1.32 bits per heavy atom. The molecule has 1 aliphatic carbocycles. The Hall–Kier alpha value is -1.20. The van der Waals surface area contributed by atoms with Crippen LogP contribution in [0.1, 0.15) is 25.3 Å². The first-order valence-corrected chi connectivity index (χ1v) is 6.50. The van der Waals surface area contributed by atoms with Crippen molar-refractivity contribution in [3.63, 3.8) is 0 Å². The van der Waals surface area contributed by atoms with Gasteiger partial charge < -0.3 is 15.2 Å². The van der Waals surface area contributed by atoms with Crippen molar-refractivity contribution < 1.29 is 18.3 Å². The maximum absolute atomic E-state index is 13.7. The average Bonchev–Trinajstić information content (AvgIpc) is 3.10. The Morgan fingerprint density at radius 2 is 1.95 bits per heavy atom. The predicted molar refractivity (Wildman–Crippen MR) is 67.9 cm³/mol. The second-order valence-corrected chi connectivity index (χ2v) is 5.15. The molecule has 106 valence electrons. The van der Waals surface area contributed by atoms with E-state index >= 15 is 0 Å². The highest BCUT2D eigenvalue weighted by molar-refractivity contribution is 5.31. The van der Waals surface area contributed by atoms with Crippen LogP contribution in [-0.4, -0.2) is 19.4 Å². The number of rotatable bonds is 7. The maximum atomic E-state index is 13.7. The largest absolute Gasteiger partial charge is 0.461 e. The van der Waals surface area contributed by atoms with E-state index in [4.69, 9.17) is 15.2 Å². The lowest BCUT2D eigenvalue weighted by Gasteiger charge is -2.11. The van der Waals surface area contributed by atoms with Gasteiger partial charge >= 0.3 is 0 Å². The van der Waals surface area contributed by atoms with Crippen LogP contribution in [0.2, 0.25) is 0 Å². The minimum atomic E-state index is -0.717. The van der Waals surface area contributed by atoms with Gasteiger partial charge in [0.15, 0.2) is 24.2 Å². The highest BCUT2D eigenvalue weighted by Crippen LogP contribution is 2.29. The van der Waals surface area contributed by atoms with E-state index in [-0.39, 0.29) is 18.6 Å². The normalized spacial score (nSPS) is 16.4. The van der Waals surface area contributed by atoms with Gasteiger partial charge in [-0.1, -0.05) is 0 Å². The molecular weight excluding hydrogens is 252 g/mol. The Labute approximate surface area is 111 Å². The van der Waals surface area contributed by atoms with E-state index in [1.807, 2.05) is 0 Å². The Balaban J connectivity index is 1.91. The van der Waals surface area contributed by atoms with Crippen LogP contribution in [-0.2, 0) is 11.2 Å². The van der Waals surface area contributed by atoms with Gasteiger partial charge in [0.2, 0.25) is 0 Å². The minimum Gasteiger partial charge on any atom is -0.461 e. The zero-order valence-corrected chi connectivity index (χ0v) is 11.0. The summed E-state index contributed by atoms with van der Waals surface area (Å²) in [6, 6.07) is 2.36. The Bertz CT molecular complexity index is 410. The number of ether oxygens (including phenoxy) is 2. The van der Waals surface area contributed by atoms with E-state index < -0.39 is 11.6 Å². The fraction of sp³-hybridized carbons (Fsp3) is 0.571. The van der Waals surface area contributed by atoms with Crippen LogP contribution in [0.15, 0.2) is 12.1 Å². The van der Waals surface area contributed by atoms with Crippen LogP contribution >= 0.6 is 0 Å². The van der Waals surface area contributed by atoms with E-state index in [1.54, 1.807) is 6.92 Å². The van der Waals surface area contributed by atoms with E-state index in [1.165, 1.54) is 12.1 Å². The smallest absolute Gasteiger partial charge is 0.193 e. The second kappa shape index (κ2) is 6.30. The van der Waals surface area contributed by atoms with Gasteiger partial charge in [-0.2, -0.15) is 0 Å². The van der Waals surface area contributed by atoms with Crippen LogP contribution in [0.4, 0.5) is 8.78 Å². The van der Waals surface area contributed by atoms with E-state index in [0.29, 0.717) is 24.5 Å². The maximum Gasteiger partial charge on any atom is 0.193 e. The summed E-state index contributed by atoms with van der Waals surface area (Å²) in [7, 11) is 0. The Morgan fingerprint density at radius 3 is 2.47 bits per heavy atom. The summed E-state index contributed by atoms with van der Waals surface area (Å²) in [5.41, 5.74) is 6.12. The van der Waals surface area contributed by atoms with Crippen molar-refractivity contribution >= 4 is 0 Å². The minimum absolute atomic E-state index is 0.128. The van der Waals surface area contributed by atoms with Gasteiger partial charge in [0.1, 0.15) is 0 Å². The van der Waals surface area contributed by atoms with Crippen molar-refractivity contribution in [3.8, 4) is 5.75 Å². The summed E-state index contributed by atoms with van der Waals surface area (Å²) in [6.45, 7) is 2.24. The SMILES string of the molecule is CC(N)Cc1cc(F)c(OCOCC2CC2)c(F)c1. The first kappa shape index (κ1) is 14.2. The molecule has 0 amide bonds. The zero-order valence-electron chi connectivity index (χ0n) is 11.0. The molecule has 1 atom stereocenters. The molecule has 1 saturated carbocycles. The van der Waals surface area contributed by atoms with Gasteiger partial charge in [0, 0.05) is 6.04 Å². The third kappa shape index (κ3) is 4.44. The molecule has 1 aromatic carbocycles. The van der Waals surface area contributed by atoms with Crippen LogP contribution < -0.4 is 10.5 Å². The number of hydrogen-bond donors (Lipinski definition) is 1. The van der Waals surface area contributed by atoms with Crippen LogP contribution in [0.25, 0.3) is 0 Å². The van der Waals surface area contributed by atoms with Gasteiger partial charge in [-0.3, -0.25) is 0 Å². The highest BCUT2D eigenvalue weighted by Gasteiger charge is 2.21. The van der Waals surface area contributed by atoms with E-state index in [0.717, 1.165) is 12.8 Å². The summed E-state index contributed by atoms with van der Waals surface area (Å²) < 4.78 is 37.6. The number of benzene rings is 1. The molecule has 0 heterocycles. The lowest BCUT2D eigenvalue weighted by atomic mass is 10.1. The third-order valence-corrected chi connectivity index (χ3v) is 2.95. The van der Waals surface area contributed by atoms with Gasteiger partial charge in [-0.05, 0) is 49.8 Å². The van der Waals surface area contributed by atoms with E-state index in [2.05, 4.69) is 0 Å². The highest BCUT2D eigenvalue weighted by atomic mass is 19.1. The lowest BCUT2D eigenvalue weighted by Crippen LogP contribution is -2.18. The standard InChI is InChI=1S/C14H19F2NO2/c1-9(17)4-11-5-12(15)14(13(16)6-11)19-8-18-7-10-2-3-10/h5-6,9-10H,2-4,7-8,17H2,1H3. The van der Waals surface area contributed by atoms with Gasteiger partial charge in [0.05, 0.1) is 6.61 Å². The summed E-state index contributed by atoms with van der Waals surface area (Å²) in [4.78, 5) is 0. The van der Waals surface area contributed by atoms with Gasteiger partial charge in [0.25, 0.3) is 0 Å². The van der Waals surface area contributed by atoms with Crippen molar-refractivity contribution in [3.05, 3.63) is 29.3 Å². The second-order valence-electron chi connectivity index (χ2n) is 5.15. The molecule has 1 aromatic rings. The van der Waals surface area contributed by atoms with Crippen molar-refractivity contribution in [1.82, 2.24) is 0 Å². The molecule has 0 radical (unpaired) electrons. The van der Waals surface area contributed by atoms with E-state index in [9.17, 15) is 8.78 Å². The number of nitrogens with two attached hydrogens (primary N) is 1. The summed E-state index contributed by atoms with van der Waals surface area (Å²) in [6.07, 6.45) is 2.75. The van der Waals surface area contributed by atoms with Crippen molar-refractivity contribution in [2.75, 3.05) is 13.4 Å².